The summed E-state index contributed by atoms with van der Waals surface area (Å²) in [7, 11) is 0. The first kappa shape index (κ1) is 10.5. The van der Waals surface area contributed by atoms with Crippen LogP contribution in [0.2, 0.25) is 0 Å². The third-order valence-electron chi connectivity index (χ3n) is 4.88. The van der Waals surface area contributed by atoms with Gasteiger partial charge in [0, 0.05) is 0 Å². The molecular formula is C13H25N. The highest BCUT2D eigenvalue weighted by Crippen LogP contribution is 2.54. The fourth-order valence-corrected chi connectivity index (χ4v) is 4.09. The zero-order valence-corrected chi connectivity index (χ0v) is 9.60. The van der Waals surface area contributed by atoms with Crippen LogP contribution in [0.1, 0.15) is 58.3 Å². The van der Waals surface area contributed by atoms with E-state index in [9.17, 15) is 0 Å². The molecule has 0 aliphatic heterocycles. The molecule has 2 N–H and O–H groups in total. The summed E-state index contributed by atoms with van der Waals surface area (Å²) in [6.07, 6.45) is 11.9. The first-order valence-corrected chi connectivity index (χ1v) is 6.48. The summed E-state index contributed by atoms with van der Waals surface area (Å²) in [4.78, 5) is 0. The van der Waals surface area contributed by atoms with Crippen molar-refractivity contribution in [3.05, 3.63) is 0 Å². The molecule has 0 aromatic rings. The molecule has 82 valence electrons. The predicted molar refractivity (Wildman–Crippen MR) is 61.1 cm³/mol. The average molecular weight is 195 g/mol. The fraction of sp³-hybridized carbons (Fsp3) is 1.00. The van der Waals surface area contributed by atoms with E-state index in [0.717, 1.165) is 23.8 Å². The van der Waals surface area contributed by atoms with Crippen LogP contribution < -0.4 is 5.73 Å². The van der Waals surface area contributed by atoms with Crippen molar-refractivity contribution in [3.8, 4) is 0 Å². The topological polar surface area (TPSA) is 26.0 Å². The molecule has 1 heteroatoms. The van der Waals surface area contributed by atoms with Crippen LogP contribution in [0, 0.1) is 17.3 Å². The Balaban J connectivity index is 2.10. The van der Waals surface area contributed by atoms with E-state index in [1.807, 2.05) is 0 Å². The van der Waals surface area contributed by atoms with Crippen molar-refractivity contribution < 1.29 is 0 Å². The minimum atomic E-state index is 0.733. The van der Waals surface area contributed by atoms with Gasteiger partial charge in [0.05, 0.1) is 0 Å². The minimum absolute atomic E-state index is 0.733. The molecule has 2 rings (SSSR count). The van der Waals surface area contributed by atoms with Crippen LogP contribution >= 0.6 is 0 Å². The SMILES string of the molecule is CC(CN)C1CCCCC12CCCC2. The van der Waals surface area contributed by atoms with Crippen LogP contribution in [0.5, 0.6) is 0 Å². The lowest BCUT2D eigenvalue weighted by Gasteiger charge is -2.44. The largest absolute Gasteiger partial charge is 0.330 e. The van der Waals surface area contributed by atoms with Crippen molar-refractivity contribution in [2.75, 3.05) is 6.54 Å². The minimum Gasteiger partial charge on any atom is -0.330 e. The Morgan fingerprint density at radius 1 is 1.14 bits per heavy atom. The molecule has 2 saturated carbocycles. The molecule has 2 fully saturated rings. The molecule has 0 radical (unpaired) electrons. The maximum atomic E-state index is 5.85. The zero-order valence-electron chi connectivity index (χ0n) is 9.60. The zero-order chi connectivity index (χ0) is 10.0. The van der Waals surface area contributed by atoms with Crippen LogP contribution in [0.15, 0.2) is 0 Å². The smallest absolute Gasteiger partial charge is 0.00486 e. The number of hydrogen-bond acceptors (Lipinski definition) is 1. The lowest BCUT2D eigenvalue weighted by atomic mass is 9.61. The third kappa shape index (κ3) is 1.71. The summed E-state index contributed by atoms with van der Waals surface area (Å²) in [6, 6.07) is 0. The van der Waals surface area contributed by atoms with Gasteiger partial charge >= 0.3 is 0 Å². The van der Waals surface area contributed by atoms with Gasteiger partial charge in [0.25, 0.3) is 0 Å². The van der Waals surface area contributed by atoms with E-state index >= 15 is 0 Å². The second-order valence-electron chi connectivity index (χ2n) is 5.63. The van der Waals surface area contributed by atoms with E-state index in [1.54, 1.807) is 0 Å². The van der Waals surface area contributed by atoms with Crippen molar-refractivity contribution >= 4 is 0 Å². The maximum Gasteiger partial charge on any atom is -0.00486 e. The summed E-state index contributed by atoms with van der Waals surface area (Å²) in [5.74, 6) is 1.71. The van der Waals surface area contributed by atoms with Crippen molar-refractivity contribution in [3.63, 3.8) is 0 Å². The highest BCUT2D eigenvalue weighted by atomic mass is 14.6. The van der Waals surface area contributed by atoms with Gasteiger partial charge in [0.2, 0.25) is 0 Å². The molecule has 0 aromatic carbocycles. The molecule has 14 heavy (non-hydrogen) atoms. The van der Waals surface area contributed by atoms with Gasteiger partial charge in [0.1, 0.15) is 0 Å². The summed E-state index contributed by atoms with van der Waals surface area (Å²) < 4.78 is 0. The first-order valence-electron chi connectivity index (χ1n) is 6.48. The van der Waals surface area contributed by atoms with Crippen LogP contribution in [-0.2, 0) is 0 Å². The van der Waals surface area contributed by atoms with Gasteiger partial charge in [0.15, 0.2) is 0 Å². The molecule has 0 amide bonds. The van der Waals surface area contributed by atoms with Crippen LogP contribution in [0.3, 0.4) is 0 Å². The fourth-order valence-electron chi connectivity index (χ4n) is 4.09. The number of hydrogen-bond donors (Lipinski definition) is 1. The normalized spacial score (nSPS) is 33.4. The molecule has 2 atom stereocenters. The van der Waals surface area contributed by atoms with Gasteiger partial charge in [-0.05, 0) is 49.5 Å². The van der Waals surface area contributed by atoms with Gasteiger partial charge in [-0.2, -0.15) is 0 Å². The van der Waals surface area contributed by atoms with Gasteiger partial charge in [-0.15, -0.1) is 0 Å². The second-order valence-corrected chi connectivity index (χ2v) is 5.63. The molecule has 0 saturated heterocycles. The molecule has 2 aliphatic carbocycles. The van der Waals surface area contributed by atoms with Crippen molar-refractivity contribution in [2.24, 2.45) is 23.0 Å². The Bertz CT molecular complexity index is 182. The van der Waals surface area contributed by atoms with Crippen LogP contribution in [0.4, 0.5) is 0 Å². The molecule has 1 spiro atoms. The van der Waals surface area contributed by atoms with Gasteiger partial charge < -0.3 is 5.73 Å². The van der Waals surface area contributed by atoms with E-state index in [1.165, 1.54) is 51.4 Å². The van der Waals surface area contributed by atoms with E-state index in [0.29, 0.717) is 0 Å². The highest BCUT2D eigenvalue weighted by Gasteiger charge is 2.44. The van der Waals surface area contributed by atoms with E-state index in [4.69, 9.17) is 5.73 Å². The van der Waals surface area contributed by atoms with Gasteiger partial charge in [-0.1, -0.05) is 32.6 Å². The van der Waals surface area contributed by atoms with E-state index in [2.05, 4.69) is 6.92 Å². The lowest BCUT2D eigenvalue weighted by Crippen LogP contribution is -2.37. The average Bonchev–Trinajstić information content (AvgIpc) is 2.67. The number of nitrogens with two attached hydrogens (primary N) is 1. The molecule has 1 nitrogen and oxygen atoms in total. The number of rotatable bonds is 2. The summed E-state index contributed by atoms with van der Waals surface area (Å²) in [5.41, 5.74) is 6.59. The molecule has 2 aliphatic rings. The van der Waals surface area contributed by atoms with E-state index in [-0.39, 0.29) is 0 Å². The lowest BCUT2D eigenvalue weighted by molar-refractivity contribution is 0.0608. The third-order valence-corrected chi connectivity index (χ3v) is 4.88. The van der Waals surface area contributed by atoms with E-state index < -0.39 is 0 Å². The quantitative estimate of drug-likeness (QED) is 0.718. The Kier molecular flexibility index (Phi) is 3.16. The Labute approximate surface area is 88.4 Å². The molecular weight excluding hydrogens is 170 g/mol. The van der Waals surface area contributed by atoms with Crippen molar-refractivity contribution in [1.29, 1.82) is 0 Å². The second kappa shape index (κ2) is 4.22. The molecule has 2 unspecified atom stereocenters. The van der Waals surface area contributed by atoms with Crippen molar-refractivity contribution in [2.45, 2.75) is 58.3 Å². The Morgan fingerprint density at radius 2 is 1.71 bits per heavy atom. The summed E-state index contributed by atoms with van der Waals surface area (Å²) in [6.45, 7) is 3.27. The summed E-state index contributed by atoms with van der Waals surface area (Å²) in [5, 5.41) is 0. The van der Waals surface area contributed by atoms with Gasteiger partial charge in [-0.3, -0.25) is 0 Å². The highest BCUT2D eigenvalue weighted by molar-refractivity contribution is 4.95. The Morgan fingerprint density at radius 3 is 2.29 bits per heavy atom. The standard InChI is InChI=1S/C13H25N/c1-11(10-14)12-6-2-3-7-13(12)8-4-5-9-13/h11-12H,2-10,14H2,1H3. The van der Waals surface area contributed by atoms with Crippen LogP contribution in [-0.4, -0.2) is 6.54 Å². The van der Waals surface area contributed by atoms with Crippen LogP contribution in [0.25, 0.3) is 0 Å². The molecule has 0 heterocycles. The summed E-state index contributed by atoms with van der Waals surface area (Å²) >= 11 is 0. The predicted octanol–water partition coefficient (Wildman–Crippen LogP) is 3.33. The van der Waals surface area contributed by atoms with Gasteiger partial charge in [-0.25, -0.2) is 0 Å². The molecule has 0 bridgehead atoms. The molecule has 0 aromatic heterocycles. The maximum absolute atomic E-state index is 5.85. The first-order chi connectivity index (χ1) is 6.78. The monoisotopic (exact) mass is 195 g/mol. The Hall–Kier alpha value is -0.0400. The van der Waals surface area contributed by atoms with Crippen molar-refractivity contribution in [1.82, 2.24) is 0 Å².